The fraction of sp³-hybridized carbons (Fsp3) is 0.600. The van der Waals surface area contributed by atoms with Crippen molar-refractivity contribution in [1.82, 2.24) is 15.2 Å². The predicted molar refractivity (Wildman–Crippen MR) is 81.5 cm³/mol. The molecular weight excluding hydrogens is 270 g/mol. The molecule has 1 saturated carbocycles. The molecule has 1 saturated heterocycles. The highest BCUT2D eigenvalue weighted by molar-refractivity contribution is 7.99. The summed E-state index contributed by atoms with van der Waals surface area (Å²) in [5.74, 6) is 2.51. The topological polar surface area (TPSA) is 45.2 Å². The Balaban J connectivity index is 1.59. The largest absolute Gasteiger partial charge is 0.335 e. The lowest BCUT2D eigenvalue weighted by Crippen LogP contribution is -2.43. The summed E-state index contributed by atoms with van der Waals surface area (Å²) in [6.45, 7) is 1.75. The van der Waals surface area contributed by atoms with Crippen LogP contribution in [0.3, 0.4) is 0 Å². The van der Waals surface area contributed by atoms with Crippen molar-refractivity contribution in [3.8, 4) is 0 Å². The number of carbonyl (C=O) groups excluding carboxylic acids is 1. The van der Waals surface area contributed by atoms with Gasteiger partial charge in [0.1, 0.15) is 0 Å². The summed E-state index contributed by atoms with van der Waals surface area (Å²) in [5.41, 5.74) is 1.17. The van der Waals surface area contributed by atoms with Gasteiger partial charge in [-0.05, 0) is 30.5 Å². The Hall–Kier alpha value is -1.07. The molecule has 0 radical (unpaired) electrons. The van der Waals surface area contributed by atoms with Crippen LogP contribution in [0.25, 0.3) is 0 Å². The van der Waals surface area contributed by atoms with E-state index in [1.807, 2.05) is 23.9 Å². The van der Waals surface area contributed by atoms with Gasteiger partial charge in [-0.3, -0.25) is 9.78 Å². The van der Waals surface area contributed by atoms with Crippen molar-refractivity contribution in [2.24, 2.45) is 0 Å². The maximum absolute atomic E-state index is 12.6. The Morgan fingerprint density at radius 2 is 2.20 bits per heavy atom. The Morgan fingerprint density at radius 3 is 2.85 bits per heavy atom. The molecule has 0 spiro atoms. The molecule has 1 aromatic rings. The smallest absolute Gasteiger partial charge is 0.224 e. The number of rotatable bonds is 5. The average Bonchev–Trinajstić information content (AvgIpc) is 3.31. The van der Waals surface area contributed by atoms with E-state index < -0.39 is 0 Å². The van der Waals surface area contributed by atoms with Crippen molar-refractivity contribution in [3.63, 3.8) is 0 Å². The number of hydrogen-bond donors (Lipinski definition) is 1. The molecule has 3 rings (SSSR count). The minimum Gasteiger partial charge on any atom is -0.335 e. The van der Waals surface area contributed by atoms with Gasteiger partial charge in [0.05, 0.1) is 0 Å². The number of pyridine rings is 1. The van der Waals surface area contributed by atoms with Gasteiger partial charge in [0, 0.05) is 55.5 Å². The second-order valence-electron chi connectivity index (χ2n) is 5.54. The molecule has 2 aliphatic rings. The van der Waals surface area contributed by atoms with E-state index in [2.05, 4.69) is 15.2 Å². The van der Waals surface area contributed by atoms with Crippen LogP contribution in [-0.2, 0) is 11.3 Å². The summed E-state index contributed by atoms with van der Waals surface area (Å²) in [5, 5.41) is 3.45. The van der Waals surface area contributed by atoms with E-state index in [4.69, 9.17) is 0 Å². The quantitative estimate of drug-likeness (QED) is 0.896. The zero-order valence-electron chi connectivity index (χ0n) is 11.6. The van der Waals surface area contributed by atoms with Crippen molar-refractivity contribution < 1.29 is 4.79 Å². The lowest BCUT2D eigenvalue weighted by Gasteiger charge is -2.27. The SMILES string of the molecule is O=C(CC1CSCCN1)N(Cc1ccncc1)C1CC1. The molecule has 4 nitrogen and oxygen atoms in total. The molecular formula is C15H21N3OS. The number of carbonyl (C=O) groups is 1. The van der Waals surface area contributed by atoms with Crippen molar-refractivity contribution >= 4 is 17.7 Å². The molecule has 1 amide bonds. The number of hydrogen-bond acceptors (Lipinski definition) is 4. The van der Waals surface area contributed by atoms with Crippen molar-refractivity contribution in [2.45, 2.75) is 37.9 Å². The first-order valence-electron chi connectivity index (χ1n) is 7.32. The third-order valence-electron chi connectivity index (χ3n) is 3.83. The molecule has 0 bridgehead atoms. The third-order valence-corrected chi connectivity index (χ3v) is 4.96. The van der Waals surface area contributed by atoms with Gasteiger partial charge < -0.3 is 10.2 Å². The van der Waals surface area contributed by atoms with E-state index in [0.717, 1.165) is 37.4 Å². The van der Waals surface area contributed by atoms with Gasteiger partial charge in [-0.1, -0.05) is 0 Å². The predicted octanol–water partition coefficient (Wildman–Crippen LogP) is 1.67. The van der Waals surface area contributed by atoms with Crippen molar-refractivity contribution in [2.75, 3.05) is 18.1 Å². The molecule has 0 aromatic carbocycles. The van der Waals surface area contributed by atoms with Crippen LogP contribution in [0.4, 0.5) is 0 Å². The van der Waals surface area contributed by atoms with E-state index >= 15 is 0 Å². The molecule has 1 aliphatic heterocycles. The highest BCUT2D eigenvalue weighted by Crippen LogP contribution is 2.29. The van der Waals surface area contributed by atoms with Crippen molar-refractivity contribution in [3.05, 3.63) is 30.1 Å². The van der Waals surface area contributed by atoms with E-state index in [-0.39, 0.29) is 0 Å². The van der Waals surface area contributed by atoms with E-state index in [1.165, 1.54) is 5.56 Å². The number of aromatic nitrogens is 1. The first-order valence-corrected chi connectivity index (χ1v) is 8.48. The summed E-state index contributed by atoms with van der Waals surface area (Å²) in [7, 11) is 0. The minimum absolute atomic E-state index is 0.296. The van der Waals surface area contributed by atoms with Crippen LogP contribution in [0.2, 0.25) is 0 Å². The van der Waals surface area contributed by atoms with Crippen LogP contribution in [0.1, 0.15) is 24.8 Å². The standard InChI is InChI=1S/C15H21N3OS/c19-15(9-13-11-20-8-7-17-13)18(14-1-2-14)10-12-3-5-16-6-4-12/h3-6,13-14,17H,1-2,7-11H2. The summed E-state index contributed by atoms with van der Waals surface area (Å²) in [6.07, 6.45) is 6.54. The molecule has 1 atom stereocenters. The number of nitrogens with one attached hydrogen (secondary N) is 1. The van der Waals surface area contributed by atoms with Gasteiger partial charge in [-0.2, -0.15) is 11.8 Å². The lowest BCUT2D eigenvalue weighted by molar-refractivity contribution is -0.132. The van der Waals surface area contributed by atoms with Crippen LogP contribution >= 0.6 is 11.8 Å². The molecule has 2 fully saturated rings. The van der Waals surface area contributed by atoms with E-state index in [0.29, 0.717) is 24.4 Å². The van der Waals surface area contributed by atoms with Crippen LogP contribution in [0.5, 0.6) is 0 Å². The number of nitrogens with zero attached hydrogens (tertiary/aromatic N) is 2. The molecule has 108 valence electrons. The summed E-state index contributed by atoms with van der Waals surface area (Å²) in [6, 6.07) is 4.81. The summed E-state index contributed by atoms with van der Waals surface area (Å²) < 4.78 is 0. The van der Waals surface area contributed by atoms with Gasteiger partial charge in [0.2, 0.25) is 5.91 Å². The van der Waals surface area contributed by atoms with Gasteiger partial charge >= 0.3 is 0 Å². The number of thioether (sulfide) groups is 1. The molecule has 5 heteroatoms. The fourth-order valence-corrected chi connectivity index (χ4v) is 3.52. The highest BCUT2D eigenvalue weighted by atomic mass is 32.2. The maximum atomic E-state index is 12.6. The maximum Gasteiger partial charge on any atom is 0.224 e. The minimum atomic E-state index is 0.296. The van der Waals surface area contributed by atoms with Gasteiger partial charge in [-0.15, -0.1) is 0 Å². The first-order chi connectivity index (χ1) is 9.83. The normalized spacial score (nSPS) is 22.5. The van der Waals surface area contributed by atoms with Crippen LogP contribution in [-0.4, -0.2) is 45.9 Å². The third kappa shape index (κ3) is 3.73. The average molecular weight is 291 g/mol. The Kier molecular flexibility index (Phi) is 4.58. The number of amides is 1. The summed E-state index contributed by atoms with van der Waals surface area (Å²) in [4.78, 5) is 18.7. The van der Waals surface area contributed by atoms with Gasteiger partial charge in [0.15, 0.2) is 0 Å². The fourth-order valence-electron chi connectivity index (χ4n) is 2.57. The van der Waals surface area contributed by atoms with Crippen LogP contribution in [0.15, 0.2) is 24.5 Å². The van der Waals surface area contributed by atoms with E-state index in [1.54, 1.807) is 12.4 Å². The Labute approximate surface area is 124 Å². The Bertz CT molecular complexity index is 444. The second kappa shape index (κ2) is 6.59. The second-order valence-corrected chi connectivity index (χ2v) is 6.69. The van der Waals surface area contributed by atoms with Crippen LogP contribution < -0.4 is 5.32 Å². The van der Waals surface area contributed by atoms with Crippen molar-refractivity contribution in [1.29, 1.82) is 0 Å². The van der Waals surface area contributed by atoms with Gasteiger partial charge in [0.25, 0.3) is 0 Å². The van der Waals surface area contributed by atoms with E-state index in [9.17, 15) is 4.79 Å². The monoisotopic (exact) mass is 291 g/mol. The zero-order valence-corrected chi connectivity index (χ0v) is 12.4. The van der Waals surface area contributed by atoms with Crippen LogP contribution in [0, 0.1) is 0 Å². The molecule has 1 aromatic heterocycles. The zero-order chi connectivity index (χ0) is 13.8. The molecule has 1 N–H and O–H groups in total. The molecule has 2 heterocycles. The molecule has 1 aliphatic carbocycles. The van der Waals surface area contributed by atoms with Gasteiger partial charge in [-0.25, -0.2) is 0 Å². The summed E-state index contributed by atoms with van der Waals surface area (Å²) >= 11 is 1.94. The Morgan fingerprint density at radius 1 is 1.40 bits per heavy atom. The lowest BCUT2D eigenvalue weighted by atomic mass is 10.2. The molecule has 20 heavy (non-hydrogen) atoms. The first kappa shape index (κ1) is 13.9. The molecule has 1 unspecified atom stereocenters. The highest BCUT2D eigenvalue weighted by Gasteiger charge is 2.33.